The summed E-state index contributed by atoms with van der Waals surface area (Å²) in [5.74, 6) is -3.91. The van der Waals surface area contributed by atoms with Gasteiger partial charge < -0.3 is 20.1 Å². The molecular formula is C31H31F7N6O2. The van der Waals surface area contributed by atoms with E-state index in [1.807, 2.05) is 0 Å². The maximum Gasteiger partial charge on any atom is 0.417 e. The van der Waals surface area contributed by atoms with Gasteiger partial charge >= 0.3 is 12.2 Å². The second-order valence-corrected chi connectivity index (χ2v) is 12.9. The Kier molecular flexibility index (Phi) is 6.32. The van der Waals surface area contributed by atoms with Gasteiger partial charge in [-0.15, -0.1) is 0 Å². The lowest BCUT2D eigenvalue weighted by Gasteiger charge is -2.31. The average Bonchev–Trinajstić information content (AvgIpc) is 3.89. The summed E-state index contributed by atoms with van der Waals surface area (Å²) in [6, 6.07) is -0.706. The van der Waals surface area contributed by atoms with Crippen LogP contribution in [-0.4, -0.2) is 83.2 Å². The molecule has 46 heavy (non-hydrogen) atoms. The summed E-state index contributed by atoms with van der Waals surface area (Å²) in [6.07, 6.45) is -5.36. The number of halogens is 7. The molecule has 0 amide bonds. The molecule has 8 nitrogen and oxygen atoms in total. The Morgan fingerprint density at radius 2 is 1.96 bits per heavy atom. The Hall–Kier alpha value is -3.46. The van der Waals surface area contributed by atoms with Crippen LogP contribution in [0.1, 0.15) is 51.9 Å². The second kappa shape index (κ2) is 10.5. The standard InChI is InChI=1S/C31H31F7N6O2/c32-15-9-30(4-1-5-43(30)11-15)13-46-29-41-26-17(28(42-29)44-6-7-45-12-18-22(33)27(18)44)10-40-25(24(26)35)16-8-19(39)23(34)20(14-2-3-14)21(16)31(36,37)38/h8,10,14-15,18,22,27H,1-7,9,11-13,39H2/t15-,18+,22+,27+,30+/m1/s1/i13D2. The lowest BCUT2D eigenvalue weighted by molar-refractivity contribution is -0.137. The van der Waals surface area contributed by atoms with Crippen LogP contribution in [0, 0.1) is 17.6 Å². The maximum absolute atomic E-state index is 16.7. The van der Waals surface area contributed by atoms with E-state index in [1.165, 1.54) is 4.90 Å². The SMILES string of the molecule is [2H]C([2H])(Oc1nc(N2CCOC[C@H]3[C@H](F)[C@H]32)c2cnc(-c3cc(N)c(F)c(C4CC4)c3C(F)(F)F)c(F)c2n1)[C@@]12CCCN1C[C@H](F)C2. The first-order valence-corrected chi connectivity index (χ1v) is 15.3. The molecule has 3 aliphatic heterocycles. The number of hydrogen-bond acceptors (Lipinski definition) is 8. The Bertz CT molecular complexity index is 1810. The smallest absolute Gasteiger partial charge is 0.417 e. The first-order valence-electron chi connectivity index (χ1n) is 16.3. The van der Waals surface area contributed by atoms with Gasteiger partial charge in [-0.05, 0) is 44.2 Å². The zero-order valence-corrected chi connectivity index (χ0v) is 24.4. The highest BCUT2D eigenvalue weighted by atomic mass is 19.4. The third kappa shape index (κ3) is 4.75. The summed E-state index contributed by atoms with van der Waals surface area (Å²) < 4.78 is 134. The number of nitrogens with zero attached hydrogens (tertiary/aromatic N) is 5. The molecule has 2 N–H and O–H groups in total. The van der Waals surface area contributed by atoms with Gasteiger partial charge in [0.2, 0.25) is 0 Å². The van der Waals surface area contributed by atoms with Crippen LogP contribution in [0.5, 0.6) is 6.01 Å². The van der Waals surface area contributed by atoms with Crippen molar-refractivity contribution >= 4 is 22.4 Å². The topological polar surface area (TPSA) is 89.6 Å². The van der Waals surface area contributed by atoms with E-state index in [0.717, 1.165) is 6.20 Å². The van der Waals surface area contributed by atoms with Crippen molar-refractivity contribution in [3.8, 4) is 17.3 Å². The van der Waals surface area contributed by atoms with Crippen molar-refractivity contribution in [2.45, 2.75) is 68.1 Å². The third-order valence-corrected chi connectivity index (χ3v) is 9.88. The van der Waals surface area contributed by atoms with Gasteiger partial charge in [0.25, 0.3) is 0 Å². The number of ether oxygens (including phenoxy) is 2. The van der Waals surface area contributed by atoms with Crippen LogP contribution in [0.4, 0.5) is 42.2 Å². The van der Waals surface area contributed by atoms with Crippen LogP contribution < -0.4 is 15.4 Å². The summed E-state index contributed by atoms with van der Waals surface area (Å²) in [5.41, 5.74) is -0.374. The number of nitrogen functional groups attached to an aromatic ring is 1. The van der Waals surface area contributed by atoms with E-state index in [0.29, 0.717) is 31.9 Å². The molecule has 15 heteroatoms. The van der Waals surface area contributed by atoms with Gasteiger partial charge in [0, 0.05) is 42.8 Å². The monoisotopic (exact) mass is 654 g/mol. The van der Waals surface area contributed by atoms with Crippen LogP contribution in [0.15, 0.2) is 12.3 Å². The van der Waals surface area contributed by atoms with Crippen LogP contribution >= 0.6 is 0 Å². The van der Waals surface area contributed by atoms with Crippen molar-refractivity contribution in [1.29, 1.82) is 0 Å². The summed E-state index contributed by atoms with van der Waals surface area (Å²) in [4.78, 5) is 15.8. The minimum absolute atomic E-state index is 0.0102. The van der Waals surface area contributed by atoms with Crippen molar-refractivity contribution < 1.29 is 42.9 Å². The Morgan fingerprint density at radius 3 is 2.72 bits per heavy atom. The number of fused-ring (bicyclic) bond motifs is 3. The fourth-order valence-electron chi connectivity index (χ4n) is 7.51. The quantitative estimate of drug-likeness (QED) is 0.273. The molecule has 0 bridgehead atoms. The molecular weight excluding hydrogens is 621 g/mol. The zero-order chi connectivity index (χ0) is 33.9. The predicted molar refractivity (Wildman–Crippen MR) is 153 cm³/mol. The predicted octanol–water partition coefficient (Wildman–Crippen LogP) is 5.58. The molecule has 5 fully saturated rings. The van der Waals surface area contributed by atoms with Gasteiger partial charge in [-0.3, -0.25) is 9.88 Å². The number of hydrogen-bond donors (Lipinski definition) is 1. The van der Waals surface area contributed by atoms with Crippen molar-refractivity contribution in [3.63, 3.8) is 0 Å². The molecule has 2 aliphatic carbocycles. The number of pyridine rings is 1. The average molecular weight is 655 g/mol. The van der Waals surface area contributed by atoms with E-state index in [1.54, 1.807) is 4.90 Å². The number of benzene rings is 1. The molecule has 2 saturated carbocycles. The molecule has 3 aromatic rings. The second-order valence-electron chi connectivity index (χ2n) is 12.9. The van der Waals surface area contributed by atoms with E-state index in [4.69, 9.17) is 17.9 Å². The van der Waals surface area contributed by atoms with E-state index in [2.05, 4.69) is 15.0 Å². The molecule has 5 aliphatic rings. The molecule has 5 atom stereocenters. The summed E-state index contributed by atoms with van der Waals surface area (Å²) in [7, 11) is 0. The molecule has 246 valence electrons. The number of alkyl halides is 5. The Balaban J connectivity index is 1.31. The van der Waals surface area contributed by atoms with E-state index in [9.17, 15) is 22.0 Å². The van der Waals surface area contributed by atoms with Gasteiger partial charge in [0.05, 0.1) is 44.2 Å². The molecule has 1 aromatic carbocycles. The minimum atomic E-state index is -5.10. The molecule has 0 radical (unpaired) electrons. The summed E-state index contributed by atoms with van der Waals surface area (Å²) >= 11 is 0. The normalized spacial score (nSPS) is 30.5. The largest absolute Gasteiger partial charge is 0.461 e. The summed E-state index contributed by atoms with van der Waals surface area (Å²) in [5, 5.41) is -0.0969. The van der Waals surface area contributed by atoms with Crippen molar-refractivity contribution in [2.24, 2.45) is 5.92 Å². The minimum Gasteiger partial charge on any atom is -0.461 e. The Morgan fingerprint density at radius 1 is 1.15 bits per heavy atom. The van der Waals surface area contributed by atoms with Crippen molar-refractivity contribution in [2.75, 3.05) is 50.0 Å². The van der Waals surface area contributed by atoms with Crippen LogP contribution in [-0.2, 0) is 10.9 Å². The first-order chi connectivity index (χ1) is 22.7. The fourth-order valence-corrected chi connectivity index (χ4v) is 7.51. The van der Waals surface area contributed by atoms with Gasteiger partial charge in [-0.25, -0.2) is 17.6 Å². The first kappa shape index (κ1) is 27.6. The lowest BCUT2D eigenvalue weighted by atomic mass is 9.93. The van der Waals surface area contributed by atoms with Crippen molar-refractivity contribution in [1.82, 2.24) is 19.9 Å². The summed E-state index contributed by atoms with van der Waals surface area (Å²) in [6.45, 7) is -1.75. The van der Waals surface area contributed by atoms with Gasteiger partial charge in [-0.1, -0.05) is 0 Å². The fraction of sp³-hybridized carbons (Fsp3) is 0.581. The van der Waals surface area contributed by atoms with E-state index in [-0.39, 0.29) is 50.3 Å². The van der Waals surface area contributed by atoms with Crippen molar-refractivity contribution in [3.05, 3.63) is 35.0 Å². The number of rotatable bonds is 6. The van der Waals surface area contributed by atoms with Crippen LogP contribution in [0.3, 0.4) is 0 Å². The number of anilines is 2. The van der Waals surface area contributed by atoms with Gasteiger partial charge in [0.15, 0.2) is 5.82 Å². The van der Waals surface area contributed by atoms with Gasteiger partial charge in [0.1, 0.15) is 41.7 Å². The van der Waals surface area contributed by atoms with Gasteiger partial charge in [-0.2, -0.15) is 23.1 Å². The van der Waals surface area contributed by atoms with E-state index < -0.39 is 99.7 Å². The van der Waals surface area contributed by atoms with Crippen LogP contribution in [0.2, 0.25) is 0 Å². The highest BCUT2D eigenvalue weighted by Gasteiger charge is 2.57. The molecule has 0 spiro atoms. The zero-order valence-electron chi connectivity index (χ0n) is 26.4. The lowest BCUT2D eigenvalue weighted by Crippen LogP contribution is -2.43. The van der Waals surface area contributed by atoms with Crippen LogP contribution in [0.25, 0.3) is 22.2 Å². The van der Waals surface area contributed by atoms with E-state index >= 15 is 8.78 Å². The molecule has 2 aromatic heterocycles. The Labute approximate surface area is 261 Å². The molecule has 5 heterocycles. The molecule has 0 unspecified atom stereocenters. The highest BCUT2D eigenvalue weighted by molar-refractivity contribution is 5.93. The highest BCUT2D eigenvalue weighted by Crippen LogP contribution is 2.52. The molecule has 3 saturated heterocycles. The maximum atomic E-state index is 16.7. The third-order valence-electron chi connectivity index (χ3n) is 9.88. The number of aromatic nitrogens is 3. The molecule has 8 rings (SSSR count). The number of nitrogens with two attached hydrogens (primary N) is 1.